The molecule has 0 radical (unpaired) electrons. The lowest BCUT2D eigenvalue weighted by atomic mass is 9.82. The molecule has 1 aromatic carbocycles. The fourth-order valence-corrected chi connectivity index (χ4v) is 4.27. The number of halogens is 1. The highest BCUT2D eigenvalue weighted by Gasteiger charge is 2.36. The van der Waals surface area contributed by atoms with Gasteiger partial charge < -0.3 is 0 Å². The van der Waals surface area contributed by atoms with Crippen molar-refractivity contribution in [1.29, 1.82) is 5.26 Å². The Morgan fingerprint density at radius 2 is 2.21 bits per heavy atom. The molecule has 102 valence electrons. The standard InChI is InChI=1S/C15H19BrN2S/c1-2-18-15(11-17)9-3-4-14(10-15)19-13-7-5-12(16)6-8-13/h5-8,14,18H,2-4,9-10H2,1H3. The summed E-state index contributed by atoms with van der Waals surface area (Å²) in [4.78, 5) is 1.29. The van der Waals surface area contributed by atoms with E-state index in [2.05, 4.69) is 58.5 Å². The van der Waals surface area contributed by atoms with Crippen molar-refractivity contribution < 1.29 is 0 Å². The molecule has 0 heterocycles. The lowest BCUT2D eigenvalue weighted by molar-refractivity contribution is 0.309. The summed E-state index contributed by atoms with van der Waals surface area (Å²) >= 11 is 5.36. The Bertz CT molecular complexity index is 450. The number of benzene rings is 1. The second kappa shape index (κ2) is 6.78. The molecule has 0 aromatic heterocycles. The van der Waals surface area contributed by atoms with E-state index in [0.717, 1.165) is 30.3 Å². The van der Waals surface area contributed by atoms with Crippen LogP contribution in [0.4, 0.5) is 0 Å². The predicted octanol–water partition coefficient (Wildman–Crippen LogP) is 4.36. The number of hydrogen-bond acceptors (Lipinski definition) is 3. The molecule has 0 amide bonds. The highest BCUT2D eigenvalue weighted by atomic mass is 79.9. The van der Waals surface area contributed by atoms with Gasteiger partial charge in [0.05, 0.1) is 6.07 Å². The summed E-state index contributed by atoms with van der Waals surface area (Å²) in [6.07, 6.45) is 4.26. The molecule has 1 saturated carbocycles. The number of rotatable bonds is 4. The second-order valence-corrected chi connectivity index (χ2v) is 7.30. The van der Waals surface area contributed by atoms with Crippen LogP contribution in [0.3, 0.4) is 0 Å². The van der Waals surface area contributed by atoms with Crippen molar-refractivity contribution in [2.75, 3.05) is 6.54 Å². The molecule has 1 aliphatic carbocycles. The molecule has 0 saturated heterocycles. The average molecular weight is 339 g/mol. The van der Waals surface area contributed by atoms with E-state index >= 15 is 0 Å². The van der Waals surface area contributed by atoms with Crippen LogP contribution in [0, 0.1) is 11.3 Å². The van der Waals surface area contributed by atoms with Crippen LogP contribution in [0.5, 0.6) is 0 Å². The lowest BCUT2D eigenvalue weighted by Gasteiger charge is -2.36. The third kappa shape index (κ3) is 3.98. The Morgan fingerprint density at radius 1 is 1.47 bits per heavy atom. The Kier molecular flexibility index (Phi) is 5.32. The minimum absolute atomic E-state index is 0.306. The van der Waals surface area contributed by atoms with Crippen molar-refractivity contribution in [2.45, 2.75) is 48.3 Å². The van der Waals surface area contributed by atoms with Crippen LogP contribution >= 0.6 is 27.7 Å². The molecule has 1 fully saturated rings. The van der Waals surface area contributed by atoms with Crippen LogP contribution in [-0.2, 0) is 0 Å². The van der Waals surface area contributed by atoms with Gasteiger partial charge in [-0.15, -0.1) is 11.8 Å². The van der Waals surface area contributed by atoms with E-state index in [9.17, 15) is 5.26 Å². The van der Waals surface area contributed by atoms with Crippen molar-refractivity contribution in [3.05, 3.63) is 28.7 Å². The SMILES string of the molecule is CCNC1(C#N)CCCC(Sc2ccc(Br)cc2)C1. The van der Waals surface area contributed by atoms with Crippen molar-refractivity contribution in [1.82, 2.24) is 5.32 Å². The number of thioether (sulfide) groups is 1. The van der Waals surface area contributed by atoms with E-state index in [1.54, 1.807) is 0 Å². The Labute approximate surface area is 128 Å². The van der Waals surface area contributed by atoms with E-state index in [1.165, 1.54) is 11.3 Å². The summed E-state index contributed by atoms with van der Waals surface area (Å²) in [6, 6.07) is 11.0. The summed E-state index contributed by atoms with van der Waals surface area (Å²) in [5, 5.41) is 13.4. The topological polar surface area (TPSA) is 35.8 Å². The Morgan fingerprint density at radius 3 is 2.84 bits per heavy atom. The quantitative estimate of drug-likeness (QED) is 0.886. The van der Waals surface area contributed by atoms with Crippen LogP contribution in [-0.4, -0.2) is 17.3 Å². The van der Waals surface area contributed by atoms with Gasteiger partial charge in [-0.3, -0.25) is 5.32 Å². The number of nitrogens with one attached hydrogen (secondary N) is 1. The van der Waals surface area contributed by atoms with Crippen molar-refractivity contribution in [3.8, 4) is 6.07 Å². The summed E-state index contributed by atoms with van der Waals surface area (Å²) in [6.45, 7) is 2.94. The molecule has 4 heteroatoms. The molecule has 2 rings (SSSR count). The largest absolute Gasteiger partial charge is 0.300 e. The zero-order valence-electron chi connectivity index (χ0n) is 11.2. The van der Waals surface area contributed by atoms with Crippen LogP contribution in [0.25, 0.3) is 0 Å². The van der Waals surface area contributed by atoms with Crippen LogP contribution in [0.15, 0.2) is 33.6 Å². The van der Waals surface area contributed by atoms with Gasteiger partial charge in [0.1, 0.15) is 5.54 Å². The van der Waals surface area contributed by atoms with E-state index in [1.807, 2.05) is 11.8 Å². The molecule has 0 spiro atoms. The van der Waals surface area contributed by atoms with Gasteiger partial charge in [0.25, 0.3) is 0 Å². The molecule has 0 aliphatic heterocycles. The third-order valence-corrected chi connectivity index (χ3v) is 5.36. The van der Waals surface area contributed by atoms with Crippen LogP contribution in [0.2, 0.25) is 0 Å². The number of nitriles is 1. The maximum absolute atomic E-state index is 9.46. The minimum atomic E-state index is -0.306. The smallest absolute Gasteiger partial charge is 0.107 e. The van der Waals surface area contributed by atoms with E-state index < -0.39 is 0 Å². The van der Waals surface area contributed by atoms with Gasteiger partial charge in [-0.1, -0.05) is 22.9 Å². The molecule has 1 aliphatic rings. The van der Waals surface area contributed by atoms with Crippen molar-refractivity contribution in [3.63, 3.8) is 0 Å². The molecule has 19 heavy (non-hydrogen) atoms. The van der Waals surface area contributed by atoms with Crippen molar-refractivity contribution >= 4 is 27.7 Å². The maximum Gasteiger partial charge on any atom is 0.107 e. The van der Waals surface area contributed by atoms with E-state index in [4.69, 9.17) is 0 Å². The van der Waals surface area contributed by atoms with Crippen molar-refractivity contribution in [2.24, 2.45) is 0 Å². The first kappa shape index (κ1) is 14.9. The second-order valence-electron chi connectivity index (χ2n) is 5.01. The van der Waals surface area contributed by atoms with Crippen LogP contribution in [0.1, 0.15) is 32.6 Å². The molecule has 2 atom stereocenters. The van der Waals surface area contributed by atoms with Gasteiger partial charge in [0, 0.05) is 14.6 Å². The molecule has 0 bridgehead atoms. The third-order valence-electron chi connectivity index (χ3n) is 3.55. The molecule has 1 N–H and O–H groups in total. The first-order valence-electron chi connectivity index (χ1n) is 6.76. The van der Waals surface area contributed by atoms with Gasteiger partial charge in [-0.05, 0) is 56.5 Å². The first-order chi connectivity index (χ1) is 9.17. The zero-order chi connectivity index (χ0) is 13.7. The fourth-order valence-electron chi connectivity index (χ4n) is 2.67. The first-order valence-corrected chi connectivity index (χ1v) is 8.43. The molecule has 2 unspecified atom stereocenters. The van der Waals surface area contributed by atoms with Gasteiger partial charge in [-0.2, -0.15) is 5.26 Å². The zero-order valence-corrected chi connectivity index (χ0v) is 13.6. The summed E-state index contributed by atoms with van der Waals surface area (Å²) in [5.74, 6) is 0. The normalized spacial score (nSPS) is 26.9. The highest BCUT2D eigenvalue weighted by molar-refractivity contribution is 9.10. The lowest BCUT2D eigenvalue weighted by Crippen LogP contribution is -2.48. The molecule has 2 nitrogen and oxygen atoms in total. The molecular weight excluding hydrogens is 320 g/mol. The predicted molar refractivity (Wildman–Crippen MR) is 84.3 cm³/mol. The summed E-state index contributed by atoms with van der Waals surface area (Å²) < 4.78 is 1.11. The van der Waals surface area contributed by atoms with Gasteiger partial charge in [0.15, 0.2) is 0 Å². The summed E-state index contributed by atoms with van der Waals surface area (Å²) in [7, 11) is 0. The van der Waals surface area contributed by atoms with Gasteiger partial charge in [-0.25, -0.2) is 0 Å². The van der Waals surface area contributed by atoms with E-state index in [-0.39, 0.29) is 5.54 Å². The average Bonchev–Trinajstić information content (AvgIpc) is 2.42. The highest BCUT2D eigenvalue weighted by Crippen LogP contribution is 2.38. The number of nitrogens with zero attached hydrogens (tertiary/aromatic N) is 1. The molecular formula is C15H19BrN2S. The number of hydrogen-bond donors (Lipinski definition) is 1. The maximum atomic E-state index is 9.46. The van der Waals surface area contributed by atoms with E-state index in [0.29, 0.717) is 5.25 Å². The summed E-state index contributed by atoms with van der Waals surface area (Å²) in [5.41, 5.74) is -0.306. The molecule has 1 aromatic rings. The van der Waals surface area contributed by atoms with Gasteiger partial charge in [0.2, 0.25) is 0 Å². The minimum Gasteiger partial charge on any atom is -0.300 e. The van der Waals surface area contributed by atoms with Crippen LogP contribution < -0.4 is 5.32 Å². The van der Waals surface area contributed by atoms with Gasteiger partial charge >= 0.3 is 0 Å². The fraction of sp³-hybridized carbons (Fsp3) is 0.533. The Hall–Kier alpha value is -0.500. The monoisotopic (exact) mass is 338 g/mol. The Balaban J connectivity index is 2.01.